The summed E-state index contributed by atoms with van der Waals surface area (Å²) >= 11 is 0. The lowest BCUT2D eigenvalue weighted by atomic mass is 10.0. The molecular formula is C14H15NO4. The molecule has 0 atom stereocenters. The zero-order valence-corrected chi connectivity index (χ0v) is 11.3. The highest BCUT2D eigenvalue weighted by Gasteiger charge is 2.22. The van der Waals surface area contributed by atoms with Crippen LogP contribution in [0.3, 0.4) is 0 Å². The van der Waals surface area contributed by atoms with E-state index in [-0.39, 0.29) is 5.76 Å². The summed E-state index contributed by atoms with van der Waals surface area (Å²) in [5.41, 5.74) is 3.76. The van der Waals surface area contributed by atoms with Crippen LogP contribution >= 0.6 is 0 Å². The summed E-state index contributed by atoms with van der Waals surface area (Å²) in [7, 11) is 1.58. The van der Waals surface area contributed by atoms with Crippen molar-refractivity contribution < 1.29 is 19.2 Å². The van der Waals surface area contributed by atoms with E-state index in [9.17, 15) is 4.79 Å². The normalized spacial score (nSPS) is 10.5. The molecule has 0 unspecified atom stereocenters. The fourth-order valence-electron chi connectivity index (χ4n) is 2.19. The molecule has 0 aliphatic carbocycles. The third-order valence-electron chi connectivity index (χ3n) is 3.00. The summed E-state index contributed by atoms with van der Waals surface area (Å²) in [6.45, 7) is 5.57. The molecule has 0 saturated carbocycles. The minimum atomic E-state index is -1.13. The summed E-state index contributed by atoms with van der Waals surface area (Å²) in [4.78, 5) is 11.0. The third-order valence-corrected chi connectivity index (χ3v) is 3.00. The molecule has 0 fully saturated rings. The Labute approximate surface area is 110 Å². The maximum atomic E-state index is 11.0. The standard InChI is InChI=1S/C14H15NO4/c1-7-5-8(2)12(18-4)10(6-7)11-9(3)13(14(16)17)19-15-11/h5-6H,1-4H3,(H,16,17). The van der Waals surface area contributed by atoms with Gasteiger partial charge in [0.25, 0.3) is 0 Å². The first kappa shape index (κ1) is 13.1. The lowest BCUT2D eigenvalue weighted by Crippen LogP contribution is -1.97. The summed E-state index contributed by atoms with van der Waals surface area (Å²) in [6.07, 6.45) is 0. The van der Waals surface area contributed by atoms with Crippen molar-refractivity contribution in [1.82, 2.24) is 5.16 Å². The molecule has 0 aliphatic heterocycles. The number of ether oxygens (including phenoxy) is 1. The van der Waals surface area contributed by atoms with Crippen LogP contribution in [0.25, 0.3) is 11.3 Å². The number of hydrogen-bond donors (Lipinski definition) is 1. The van der Waals surface area contributed by atoms with Crippen molar-refractivity contribution in [3.63, 3.8) is 0 Å². The number of carboxylic acid groups (broad SMARTS) is 1. The first-order valence-electron chi connectivity index (χ1n) is 5.81. The number of benzene rings is 1. The zero-order valence-electron chi connectivity index (χ0n) is 11.3. The molecule has 0 aliphatic rings. The van der Waals surface area contributed by atoms with Gasteiger partial charge in [0.05, 0.1) is 7.11 Å². The smallest absolute Gasteiger partial charge is 0.375 e. The number of aromatic carboxylic acids is 1. The summed E-state index contributed by atoms with van der Waals surface area (Å²) in [5, 5.41) is 12.9. The van der Waals surface area contributed by atoms with Gasteiger partial charge in [0.2, 0.25) is 5.76 Å². The minimum Gasteiger partial charge on any atom is -0.496 e. The second-order valence-electron chi connectivity index (χ2n) is 4.45. The zero-order chi connectivity index (χ0) is 14.2. The Morgan fingerprint density at radius 1 is 1.32 bits per heavy atom. The molecule has 5 nitrogen and oxygen atoms in total. The van der Waals surface area contributed by atoms with E-state index in [0.717, 1.165) is 16.7 Å². The van der Waals surface area contributed by atoms with Crippen LogP contribution in [0.5, 0.6) is 5.75 Å². The molecule has 0 radical (unpaired) electrons. The number of nitrogens with zero attached hydrogens (tertiary/aromatic N) is 1. The van der Waals surface area contributed by atoms with Crippen LogP contribution in [-0.4, -0.2) is 23.3 Å². The van der Waals surface area contributed by atoms with E-state index in [1.165, 1.54) is 0 Å². The first-order valence-corrected chi connectivity index (χ1v) is 5.81. The number of rotatable bonds is 3. The van der Waals surface area contributed by atoms with Gasteiger partial charge >= 0.3 is 5.97 Å². The highest BCUT2D eigenvalue weighted by molar-refractivity contribution is 5.89. The second-order valence-corrected chi connectivity index (χ2v) is 4.45. The highest BCUT2D eigenvalue weighted by Crippen LogP contribution is 2.35. The van der Waals surface area contributed by atoms with Crippen molar-refractivity contribution >= 4 is 5.97 Å². The van der Waals surface area contributed by atoms with E-state index in [1.807, 2.05) is 26.0 Å². The molecule has 2 rings (SSSR count). The van der Waals surface area contributed by atoms with Gasteiger partial charge in [-0.05, 0) is 38.0 Å². The lowest BCUT2D eigenvalue weighted by molar-refractivity contribution is 0.0651. The van der Waals surface area contributed by atoms with Gasteiger partial charge in [0.1, 0.15) is 11.4 Å². The molecular weight excluding hydrogens is 246 g/mol. The van der Waals surface area contributed by atoms with Crippen LogP contribution in [0.1, 0.15) is 27.2 Å². The fourth-order valence-corrected chi connectivity index (χ4v) is 2.19. The van der Waals surface area contributed by atoms with Gasteiger partial charge in [-0.1, -0.05) is 11.2 Å². The molecule has 0 saturated heterocycles. The van der Waals surface area contributed by atoms with Gasteiger partial charge in [0, 0.05) is 11.1 Å². The molecule has 19 heavy (non-hydrogen) atoms. The number of carbonyl (C=O) groups is 1. The Kier molecular flexibility index (Phi) is 3.29. The van der Waals surface area contributed by atoms with Gasteiger partial charge in [-0.25, -0.2) is 4.79 Å². The average Bonchev–Trinajstić information content (AvgIpc) is 2.70. The topological polar surface area (TPSA) is 72.6 Å². The minimum absolute atomic E-state index is 0.142. The van der Waals surface area contributed by atoms with Crippen molar-refractivity contribution in [2.75, 3.05) is 7.11 Å². The van der Waals surface area contributed by atoms with E-state index >= 15 is 0 Å². The largest absolute Gasteiger partial charge is 0.496 e. The number of aryl methyl sites for hydroxylation is 2. The molecule has 100 valence electrons. The van der Waals surface area contributed by atoms with Gasteiger partial charge in [-0.3, -0.25) is 0 Å². The van der Waals surface area contributed by atoms with Crippen LogP contribution in [0.15, 0.2) is 16.7 Å². The Morgan fingerprint density at radius 2 is 2.00 bits per heavy atom. The lowest BCUT2D eigenvalue weighted by Gasteiger charge is -2.11. The monoisotopic (exact) mass is 261 g/mol. The van der Waals surface area contributed by atoms with Crippen LogP contribution in [0.2, 0.25) is 0 Å². The van der Waals surface area contributed by atoms with E-state index in [2.05, 4.69) is 5.16 Å². The number of aromatic nitrogens is 1. The maximum Gasteiger partial charge on any atom is 0.375 e. The predicted octanol–water partition coefficient (Wildman–Crippen LogP) is 2.97. The average molecular weight is 261 g/mol. The van der Waals surface area contributed by atoms with Crippen LogP contribution in [0.4, 0.5) is 0 Å². The van der Waals surface area contributed by atoms with Crippen LogP contribution in [-0.2, 0) is 0 Å². The van der Waals surface area contributed by atoms with Gasteiger partial charge in [0.15, 0.2) is 0 Å². The van der Waals surface area contributed by atoms with Crippen LogP contribution in [0, 0.1) is 20.8 Å². The second kappa shape index (κ2) is 4.76. The van der Waals surface area contributed by atoms with Crippen molar-refractivity contribution in [2.45, 2.75) is 20.8 Å². The van der Waals surface area contributed by atoms with Gasteiger partial charge < -0.3 is 14.4 Å². The summed E-state index contributed by atoms with van der Waals surface area (Å²) < 4.78 is 10.3. The van der Waals surface area contributed by atoms with E-state index in [1.54, 1.807) is 14.0 Å². The van der Waals surface area contributed by atoms with Crippen LogP contribution < -0.4 is 4.74 Å². The summed E-state index contributed by atoms with van der Waals surface area (Å²) in [5.74, 6) is -0.588. The predicted molar refractivity (Wildman–Crippen MR) is 69.7 cm³/mol. The molecule has 1 N–H and O–H groups in total. The molecule has 1 aromatic heterocycles. The Bertz CT molecular complexity index is 643. The van der Waals surface area contributed by atoms with Gasteiger partial charge in [-0.15, -0.1) is 0 Å². The van der Waals surface area contributed by atoms with Crippen molar-refractivity contribution in [3.05, 3.63) is 34.6 Å². The first-order chi connectivity index (χ1) is 8.95. The number of carboxylic acids is 1. The Morgan fingerprint density at radius 3 is 2.53 bits per heavy atom. The molecule has 0 spiro atoms. The fraction of sp³-hybridized carbons (Fsp3) is 0.286. The SMILES string of the molecule is COc1c(C)cc(C)cc1-c1noc(C(=O)O)c1C. The van der Waals surface area contributed by atoms with Crippen molar-refractivity contribution in [1.29, 1.82) is 0 Å². The van der Waals surface area contributed by atoms with E-state index < -0.39 is 5.97 Å². The molecule has 2 aromatic rings. The Balaban J connectivity index is 2.68. The quantitative estimate of drug-likeness (QED) is 0.919. The van der Waals surface area contributed by atoms with Crippen molar-refractivity contribution in [2.24, 2.45) is 0 Å². The molecule has 1 aromatic carbocycles. The highest BCUT2D eigenvalue weighted by atomic mass is 16.5. The molecule has 5 heteroatoms. The third kappa shape index (κ3) is 2.19. The molecule has 0 bridgehead atoms. The van der Waals surface area contributed by atoms with E-state index in [4.69, 9.17) is 14.4 Å². The molecule has 0 amide bonds. The summed E-state index contributed by atoms with van der Waals surface area (Å²) in [6, 6.07) is 3.90. The number of hydrogen-bond acceptors (Lipinski definition) is 4. The Hall–Kier alpha value is -2.30. The molecule has 1 heterocycles. The van der Waals surface area contributed by atoms with Crippen molar-refractivity contribution in [3.8, 4) is 17.0 Å². The van der Waals surface area contributed by atoms with Gasteiger partial charge in [-0.2, -0.15) is 0 Å². The van der Waals surface area contributed by atoms with E-state index in [0.29, 0.717) is 17.0 Å². The number of methoxy groups -OCH3 is 1. The maximum absolute atomic E-state index is 11.0.